The molecule has 0 aromatic carbocycles. The molecule has 0 saturated carbocycles. The van der Waals surface area contributed by atoms with Gasteiger partial charge in [-0.15, -0.1) is 0 Å². The molecular formula is C12H27O2PS2Zn. The monoisotopic (exact) mass is 362 g/mol. The maximum absolute atomic E-state index is 10.1. The zero-order valence-corrected chi connectivity index (χ0v) is 18.0. The van der Waals surface area contributed by atoms with Crippen molar-refractivity contribution in [2.45, 2.75) is 65.7 Å². The Kier molecular flexibility index (Phi) is 12.5. The average molecular weight is 364 g/mol. The van der Waals surface area contributed by atoms with E-state index in [2.05, 4.69) is 34.6 Å². The summed E-state index contributed by atoms with van der Waals surface area (Å²) in [7, 11) is 0. The van der Waals surface area contributed by atoms with Crippen LogP contribution in [0, 0.1) is 11.8 Å². The van der Waals surface area contributed by atoms with E-state index in [0.717, 1.165) is 12.8 Å². The second-order valence-electron chi connectivity index (χ2n) is 5.56. The molecule has 2 nitrogen and oxygen atoms in total. The summed E-state index contributed by atoms with van der Waals surface area (Å²) in [6.07, 6.45) is 2.05. The molecule has 0 spiro atoms. The van der Waals surface area contributed by atoms with Gasteiger partial charge < -0.3 is 9.42 Å². The number of hydrogen-bond acceptors (Lipinski definition) is 3. The van der Waals surface area contributed by atoms with E-state index in [4.69, 9.17) is 16.3 Å². The van der Waals surface area contributed by atoms with Crippen molar-refractivity contribution in [2.24, 2.45) is 11.8 Å². The van der Waals surface area contributed by atoms with E-state index >= 15 is 0 Å². The summed E-state index contributed by atoms with van der Waals surface area (Å²) in [6.45, 7) is 12.8. The summed E-state index contributed by atoms with van der Waals surface area (Å²) >= 11 is 6.65. The van der Waals surface area contributed by atoms with Gasteiger partial charge in [0, 0.05) is 24.7 Å². The minimum absolute atomic E-state index is 0. The second kappa shape index (κ2) is 10.3. The summed E-state index contributed by atoms with van der Waals surface area (Å²) in [5, 5.41) is 0.358. The Bertz CT molecular complexity index is 240. The Morgan fingerprint density at radius 1 is 1.06 bits per heavy atom. The first-order chi connectivity index (χ1) is 7.62. The van der Waals surface area contributed by atoms with Crippen molar-refractivity contribution in [3.8, 4) is 0 Å². The molecule has 0 heterocycles. The van der Waals surface area contributed by atoms with Crippen LogP contribution in [0.2, 0.25) is 0 Å². The molecule has 0 aromatic rings. The van der Waals surface area contributed by atoms with E-state index in [9.17, 15) is 4.89 Å². The molecule has 0 radical (unpaired) electrons. The molecule has 0 amide bonds. The van der Waals surface area contributed by atoms with Gasteiger partial charge in [0.25, 0.3) is 0 Å². The van der Waals surface area contributed by atoms with Gasteiger partial charge in [-0.1, -0.05) is 46.0 Å². The van der Waals surface area contributed by atoms with E-state index in [1.54, 1.807) is 0 Å². The zero-order valence-electron chi connectivity index (χ0n) is 12.5. The van der Waals surface area contributed by atoms with Crippen molar-refractivity contribution in [2.75, 3.05) is 0 Å². The molecule has 0 fully saturated rings. The molecule has 0 bridgehead atoms. The van der Waals surface area contributed by atoms with Gasteiger partial charge in [-0.2, -0.15) is 0 Å². The van der Waals surface area contributed by atoms with E-state index in [-0.39, 0.29) is 25.6 Å². The second-order valence-corrected chi connectivity index (χ2v) is 12.0. The van der Waals surface area contributed by atoms with Crippen molar-refractivity contribution >= 4 is 28.9 Å². The minimum atomic E-state index is -2.67. The molecular weight excluding hydrogens is 337 g/mol. The fourth-order valence-corrected chi connectivity index (χ4v) is 7.39. The van der Waals surface area contributed by atoms with E-state index in [1.165, 1.54) is 11.4 Å². The van der Waals surface area contributed by atoms with Crippen molar-refractivity contribution in [3.05, 3.63) is 0 Å². The first-order valence-corrected chi connectivity index (χ1v) is 10.5. The van der Waals surface area contributed by atoms with E-state index in [1.807, 2.05) is 6.92 Å². The van der Waals surface area contributed by atoms with Gasteiger partial charge in [0.05, 0.1) is 6.10 Å². The SMILES string of the molecule is CC(C)CC(C)OP(O)(=S)SC(C)CC(C)C.[Zn]. The van der Waals surface area contributed by atoms with Crippen LogP contribution in [0.25, 0.3) is 0 Å². The third-order valence-corrected chi connectivity index (χ3v) is 6.85. The topological polar surface area (TPSA) is 29.5 Å². The fourth-order valence-electron chi connectivity index (χ4n) is 1.89. The van der Waals surface area contributed by atoms with Crippen molar-refractivity contribution in [1.29, 1.82) is 0 Å². The van der Waals surface area contributed by atoms with Gasteiger partial charge in [-0.05, 0) is 43.4 Å². The van der Waals surface area contributed by atoms with Crippen LogP contribution in [0.4, 0.5) is 0 Å². The van der Waals surface area contributed by atoms with Crippen LogP contribution in [0.1, 0.15) is 54.4 Å². The van der Waals surface area contributed by atoms with Gasteiger partial charge in [0.2, 0.25) is 5.69 Å². The van der Waals surface area contributed by atoms with Crippen LogP contribution in [-0.2, 0) is 35.8 Å². The standard InChI is InChI=1S/C12H27O2PS2.Zn/c1-9(2)7-11(5)14-15(13,16)17-12(6)8-10(3)4;/h9-12H,7-8H2,1-6H3,(H,13,16);. The molecule has 3 unspecified atom stereocenters. The zero-order chi connectivity index (χ0) is 13.6. The first-order valence-electron chi connectivity index (χ1n) is 6.32. The third kappa shape index (κ3) is 12.6. The average Bonchev–Trinajstić information content (AvgIpc) is 1.95. The Morgan fingerprint density at radius 2 is 1.50 bits per heavy atom. The van der Waals surface area contributed by atoms with E-state index in [0.29, 0.717) is 17.1 Å². The molecule has 106 valence electrons. The quantitative estimate of drug-likeness (QED) is 0.494. The molecule has 1 N–H and O–H groups in total. The van der Waals surface area contributed by atoms with Crippen LogP contribution >= 0.6 is 17.1 Å². The van der Waals surface area contributed by atoms with Gasteiger partial charge in [-0.3, -0.25) is 0 Å². The van der Waals surface area contributed by atoms with Gasteiger partial charge in [0.1, 0.15) is 0 Å². The van der Waals surface area contributed by atoms with Gasteiger partial charge >= 0.3 is 0 Å². The Morgan fingerprint density at radius 3 is 1.89 bits per heavy atom. The van der Waals surface area contributed by atoms with Gasteiger partial charge in [-0.25, -0.2) is 0 Å². The Hall–Kier alpha value is 1.54. The van der Waals surface area contributed by atoms with E-state index < -0.39 is 5.69 Å². The normalized spacial score (nSPS) is 18.3. The molecule has 18 heavy (non-hydrogen) atoms. The van der Waals surface area contributed by atoms with Crippen LogP contribution in [-0.4, -0.2) is 16.2 Å². The predicted molar refractivity (Wildman–Crippen MR) is 83.0 cm³/mol. The molecule has 0 saturated heterocycles. The summed E-state index contributed by atoms with van der Waals surface area (Å²) in [5.41, 5.74) is -2.67. The maximum atomic E-state index is 10.1. The molecule has 6 heteroatoms. The first kappa shape index (κ1) is 21.8. The van der Waals surface area contributed by atoms with Crippen LogP contribution in [0.5, 0.6) is 0 Å². The molecule has 0 aliphatic heterocycles. The summed E-state index contributed by atoms with van der Waals surface area (Å²) < 4.78 is 5.65. The predicted octanol–water partition coefficient (Wildman–Crippen LogP) is 4.82. The van der Waals surface area contributed by atoms with Crippen molar-refractivity contribution in [3.63, 3.8) is 0 Å². The number of hydrogen-bond donors (Lipinski definition) is 1. The van der Waals surface area contributed by atoms with Crippen molar-refractivity contribution < 1.29 is 28.9 Å². The molecule has 0 aliphatic carbocycles. The van der Waals surface area contributed by atoms with Crippen LogP contribution < -0.4 is 0 Å². The largest absolute Gasteiger partial charge is 0.337 e. The smallest absolute Gasteiger partial charge is 0.245 e. The summed E-state index contributed by atoms with van der Waals surface area (Å²) in [4.78, 5) is 10.1. The fraction of sp³-hybridized carbons (Fsp3) is 1.00. The minimum Gasteiger partial charge on any atom is -0.337 e. The molecule has 3 atom stereocenters. The maximum Gasteiger partial charge on any atom is 0.245 e. The molecule has 0 aliphatic rings. The summed E-state index contributed by atoms with van der Waals surface area (Å²) in [5.74, 6) is 1.19. The van der Waals surface area contributed by atoms with Crippen molar-refractivity contribution in [1.82, 2.24) is 0 Å². The Balaban J connectivity index is 0. The van der Waals surface area contributed by atoms with Gasteiger partial charge in [0.15, 0.2) is 0 Å². The molecule has 0 aromatic heterocycles. The van der Waals surface area contributed by atoms with Crippen LogP contribution in [0.15, 0.2) is 0 Å². The Labute approximate surface area is 135 Å². The number of rotatable bonds is 8. The third-order valence-electron chi connectivity index (χ3n) is 2.23. The summed E-state index contributed by atoms with van der Waals surface area (Å²) in [6, 6.07) is 0. The van der Waals surface area contributed by atoms with Crippen LogP contribution in [0.3, 0.4) is 0 Å². The molecule has 0 rings (SSSR count).